The van der Waals surface area contributed by atoms with E-state index >= 15 is 0 Å². The fourth-order valence-corrected chi connectivity index (χ4v) is 3.69. The third-order valence-electron chi connectivity index (χ3n) is 5.36. The minimum atomic E-state index is -0.453. The summed E-state index contributed by atoms with van der Waals surface area (Å²) in [5.41, 5.74) is 4.16. The molecule has 1 atom stereocenters. The van der Waals surface area contributed by atoms with Gasteiger partial charge < -0.3 is 15.0 Å². The number of hydrogen-bond donors (Lipinski definition) is 2. The van der Waals surface area contributed by atoms with Gasteiger partial charge in [0.1, 0.15) is 0 Å². The molecule has 0 fully saturated rings. The number of benzene rings is 1. The lowest BCUT2D eigenvalue weighted by Gasteiger charge is -2.18. The Morgan fingerprint density at radius 1 is 1.31 bits per heavy atom. The maximum atomic E-state index is 12.4. The van der Waals surface area contributed by atoms with Crippen LogP contribution in [0.4, 0.5) is 0 Å². The fraction of sp³-hybridized carbons (Fsp3) is 0.524. The van der Waals surface area contributed by atoms with Crippen molar-refractivity contribution >= 4 is 22.8 Å². The number of fused-ring (bicyclic) bond motifs is 3. The molecule has 0 spiro atoms. The summed E-state index contributed by atoms with van der Waals surface area (Å²) in [5.74, 6) is -0.0442. The van der Waals surface area contributed by atoms with Gasteiger partial charge in [0, 0.05) is 22.6 Å². The van der Waals surface area contributed by atoms with E-state index < -0.39 is 5.97 Å². The number of aryl methyl sites for hydroxylation is 1. The van der Waals surface area contributed by atoms with E-state index in [1.807, 2.05) is 26.0 Å². The highest BCUT2D eigenvalue weighted by molar-refractivity contribution is 5.97. The molecule has 0 aliphatic heterocycles. The quantitative estimate of drug-likeness (QED) is 0.774. The van der Waals surface area contributed by atoms with Gasteiger partial charge in [0.25, 0.3) is 5.91 Å². The zero-order valence-corrected chi connectivity index (χ0v) is 15.9. The Labute approximate surface area is 154 Å². The lowest BCUT2D eigenvalue weighted by atomic mass is 9.87. The smallest absolute Gasteiger partial charge is 0.338 e. The van der Waals surface area contributed by atoms with Crippen LogP contribution in [0.5, 0.6) is 0 Å². The van der Waals surface area contributed by atoms with Crippen LogP contribution in [-0.4, -0.2) is 29.5 Å². The molecule has 1 aliphatic carbocycles. The Balaban J connectivity index is 1.69. The molecule has 3 rings (SSSR count). The largest absolute Gasteiger partial charge is 0.452 e. The van der Waals surface area contributed by atoms with Gasteiger partial charge in [-0.05, 0) is 61.8 Å². The molecule has 0 saturated carbocycles. The van der Waals surface area contributed by atoms with E-state index in [1.54, 1.807) is 6.07 Å². The van der Waals surface area contributed by atoms with Crippen LogP contribution >= 0.6 is 0 Å². The molecule has 2 aromatic rings. The van der Waals surface area contributed by atoms with Crippen LogP contribution in [0.1, 0.15) is 61.6 Å². The molecular formula is C21H28N2O3. The van der Waals surface area contributed by atoms with E-state index in [9.17, 15) is 9.59 Å². The Morgan fingerprint density at radius 3 is 2.81 bits per heavy atom. The summed E-state index contributed by atoms with van der Waals surface area (Å²) in [6, 6.07) is 5.71. The van der Waals surface area contributed by atoms with Gasteiger partial charge in [0.2, 0.25) is 0 Å². The highest BCUT2D eigenvalue weighted by Gasteiger charge is 2.21. The van der Waals surface area contributed by atoms with Crippen molar-refractivity contribution in [1.82, 2.24) is 10.3 Å². The zero-order valence-electron chi connectivity index (χ0n) is 15.9. The van der Waals surface area contributed by atoms with Crippen molar-refractivity contribution in [3.63, 3.8) is 0 Å². The minimum Gasteiger partial charge on any atom is -0.452 e. The third kappa shape index (κ3) is 3.92. The number of H-pyrrole nitrogens is 1. The molecule has 1 aromatic carbocycles. The van der Waals surface area contributed by atoms with Crippen LogP contribution in [0.25, 0.3) is 10.9 Å². The number of esters is 1. The molecule has 140 valence electrons. The van der Waals surface area contributed by atoms with Crippen LogP contribution < -0.4 is 5.32 Å². The van der Waals surface area contributed by atoms with Crippen molar-refractivity contribution < 1.29 is 14.3 Å². The van der Waals surface area contributed by atoms with Gasteiger partial charge in [-0.3, -0.25) is 4.79 Å². The molecule has 1 heterocycles. The highest BCUT2D eigenvalue weighted by atomic mass is 16.5. The van der Waals surface area contributed by atoms with Gasteiger partial charge >= 0.3 is 5.97 Å². The zero-order chi connectivity index (χ0) is 18.7. The number of carbonyl (C=O) groups is 2. The highest BCUT2D eigenvalue weighted by Crippen LogP contribution is 2.32. The van der Waals surface area contributed by atoms with Crippen molar-refractivity contribution in [3.8, 4) is 0 Å². The Hall–Kier alpha value is -2.30. The van der Waals surface area contributed by atoms with Crippen molar-refractivity contribution in [3.05, 3.63) is 35.0 Å². The van der Waals surface area contributed by atoms with Crippen molar-refractivity contribution in [2.45, 2.75) is 58.9 Å². The van der Waals surface area contributed by atoms with Gasteiger partial charge in [-0.25, -0.2) is 4.79 Å². The van der Waals surface area contributed by atoms with E-state index in [0.717, 1.165) is 36.6 Å². The molecule has 5 heteroatoms. The van der Waals surface area contributed by atoms with Crippen LogP contribution in [0.3, 0.4) is 0 Å². The molecule has 0 radical (unpaired) electrons. The second kappa shape index (κ2) is 7.94. The molecule has 0 bridgehead atoms. The van der Waals surface area contributed by atoms with Gasteiger partial charge in [-0.1, -0.05) is 20.8 Å². The summed E-state index contributed by atoms with van der Waals surface area (Å²) >= 11 is 0. The summed E-state index contributed by atoms with van der Waals surface area (Å²) in [7, 11) is 0. The minimum absolute atomic E-state index is 0.130. The van der Waals surface area contributed by atoms with Gasteiger partial charge in [-0.15, -0.1) is 0 Å². The first-order chi connectivity index (χ1) is 12.5. The van der Waals surface area contributed by atoms with E-state index in [0.29, 0.717) is 11.5 Å². The molecule has 26 heavy (non-hydrogen) atoms. The molecule has 1 aromatic heterocycles. The summed E-state index contributed by atoms with van der Waals surface area (Å²) in [4.78, 5) is 27.7. The Morgan fingerprint density at radius 2 is 2.08 bits per heavy atom. The predicted octanol–water partition coefficient (Wildman–Crippen LogP) is 3.75. The second-order valence-corrected chi connectivity index (χ2v) is 7.35. The number of aromatic amines is 1. The molecule has 1 amide bonds. The lowest BCUT2D eigenvalue weighted by Crippen LogP contribution is -2.36. The van der Waals surface area contributed by atoms with Gasteiger partial charge in [0.15, 0.2) is 6.61 Å². The monoisotopic (exact) mass is 356 g/mol. The van der Waals surface area contributed by atoms with Crippen molar-refractivity contribution in [2.75, 3.05) is 6.61 Å². The van der Waals surface area contributed by atoms with E-state index in [2.05, 4.69) is 17.2 Å². The van der Waals surface area contributed by atoms with Crippen LogP contribution in [0, 0.1) is 5.92 Å². The maximum Gasteiger partial charge on any atom is 0.338 e. The van der Waals surface area contributed by atoms with E-state index in [-0.39, 0.29) is 18.6 Å². The topological polar surface area (TPSA) is 71.2 Å². The second-order valence-electron chi connectivity index (χ2n) is 7.35. The van der Waals surface area contributed by atoms with Crippen LogP contribution in [0.15, 0.2) is 18.2 Å². The fourth-order valence-electron chi connectivity index (χ4n) is 3.69. The first kappa shape index (κ1) is 18.5. The number of ether oxygens (including phenoxy) is 1. The SMILES string of the molecule is CCC(CC)NC(=O)COC(=O)c1ccc2[nH]c3c(c2c1)C[C@H](C)CC3. The average molecular weight is 356 g/mol. The summed E-state index contributed by atoms with van der Waals surface area (Å²) in [6.07, 6.45) is 5.01. The maximum absolute atomic E-state index is 12.4. The molecule has 2 N–H and O–H groups in total. The average Bonchev–Trinajstić information content (AvgIpc) is 3.01. The predicted molar refractivity (Wildman–Crippen MR) is 102 cm³/mol. The summed E-state index contributed by atoms with van der Waals surface area (Å²) in [6.45, 7) is 6.07. The molecule has 1 aliphatic rings. The van der Waals surface area contributed by atoms with Crippen LogP contribution in [0.2, 0.25) is 0 Å². The van der Waals surface area contributed by atoms with Crippen molar-refractivity contribution in [1.29, 1.82) is 0 Å². The number of rotatable bonds is 6. The molecular weight excluding hydrogens is 328 g/mol. The number of hydrogen-bond acceptors (Lipinski definition) is 3. The van der Waals surface area contributed by atoms with Gasteiger partial charge in [-0.2, -0.15) is 0 Å². The van der Waals surface area contributed by atoms with Gasteiger partial charge in [0.05, 0.1) is 5.56 Å². The molecule has 0 unspecified atom stereocenters. The third-order valence-corrected chi connectivity index (χ3v) is 5.36. The number of amides is 1. The number of aromatic nitrogens is 1. The van der Waals surface area contributed by atoms with Crippen LogP contribution in [-0.2, 0) is 22.4 Å². The molecule has 0 saturated heterocycles. The normalized spacial score (nSPS) is 16.5. The Kier molecular flexibility index (Phi) is 5.64. The summed E-state index contributed by atoms with van der Waals surface area (Å²) < 4.78 is 5.21. The Bertz CT molecular complexity index is 805. The number of carbonyl (C=O) groups excluding carboxylic acids is 2. The standard InChI is InChI=1S/C21H28N2O3/c1-4-15(5-2)22-20(24)12-26-21(25)14-7-9-19-17(11-14)16-10-13(3)6-8-18(16)23-19/h7,9,11,13,15,23H,4-6,8,10,12H2,1-3H3,(H,22,24)/t13-/m1/s1. The number of nitrogens with one attached hydrogen (secondary N) is 2. The first-order valence-corrected chi connectivity index (χ1v) is 9.61. The lowest BCUT2D eigenvalue weighted by molar-refractivity contribution is -0.125. The van der Waals surface area contributed by atoms with Crippen molar-refractivity contribution in [2.24, 2.45) is 5.92 Å². The van der Waals surface area contributed by atoms with E-state index in [1.165, 1.54) is 17.7 Å². The van der Waals surface area contributed by atoms with E-state index in [4.69, 9.17) is 4.74 Å². The summed E-state index contributed by atoms with van der Waals surface area (Å²) in [5, 5.41) is 3.97. The first-order valence-electron chi connectivity index (χ1n) is 9.61. The molecule has 5 nitrogen and oxygen atoms in total.